The SMILES string of the molecule is CC[C@H](C)N(Cc1c(C)nn(-c2ccccc2)c1Oc1ccc(OC)cc1)C(=O)c1cccc(OC)c1. The number of amides is 1. The van der Waals surface area contributed by atoms with Gasteiger partial charge >= 0.3 is 0 Å². The van der Waals surface area contributed by atoms with E-state index in [-0.39, 0.29) is 11.9 Å². The van der Waals surface area contributed by atoms with E-state index in [0.717, 1.165) is 29.1 Å². The number of carbonyl (C=O) groups excluding carboxylic acids is 1. The van der Waals surface area contributed by atoms with Crippen LogP contribution in [0.25, 0.3) is 5.69 Å². The predicted octanol–water partition coefficient (Wildman–Crippen LogP) is 6.43. The quantitative estimate of drug-likeness (QED) is 0.252. The average Bonchev–Trinajstić information content (AvgIpc) is 3.25. The number of methoxy groups -OCH3 is 2. The third-order valence-corrected chi connectivity index (χ3v) is 6.44. The molecule has 3 aromatic carbocycles. The number of para-hydroxylation sites is 1. The van der Waals surface area contributed by atoms with Crippen LogP contribution in [-0.2, 0) is 6.54 Å². The summed E-state index contributed by atoms with van der Waals surface area (Å²) in [5, 5.41) is 4.82. The molecule has 1 aromatic heterocycles. The first-order valence-corrected chi connectivity index (χ1v) is 12.4. The molecule has 0 fully saturated rings. The van der Waals surface area contributed by atoms with Gasteiger partial charge in [-0.15, -0.1) is 0 Å². The molecule has 1 atom stereocenters. The van der Waals surface area contributed by atoms with Gasteiger partial charge < -0.3 is 19.1 Å². The lowest BCUT2D eigenvalue weighted by molar-refractivity contribution is 0.0669. The Balaban J connectivity index is 1.77. The first-order chi connectivity index (χ1) is 17.9. The second-order valence-electron chi connectivity index (χ2n) is 8.82. The van der Waals surface area contributed by atoms with Crippen molar-refractivity contribution in [2.24, 2.45) is 0 Å². The number of hydrogen-bond donors (Lipinski definition) is 0. The summed E-state index contributed by atoms with van der Waals surface area (Å²) in [6.07, 6.45) is 0.802. The van der Waals surface area contributed by atoms with Gasteiger partial charge in [0, 0.05) is 11.6 Å². The second kappa shape index (κ2) is 11.6. The summed E-state index contributed by atoms with van der Waals surface area (Å²) in [6, 6.07) is 24.5. The summed E-state index contributed by atoms with van der Waals surface area (Å²) in [6.45, 7) is 6.42. The Bertz CT molecular complexity index is 1330. The van der Waals surface area contributed by atoms with Crippen molar-refractivity contribution < 1.29 is 19.0 Å². The van der Waals surface area contributed by atoms with Crippen molar-refractivity contribution in [2.75, 3.05) is 14.2 Å². The average molecular weight is 500 g/mol. The molecule has 1 amide bonds. The van der Waals surface area contributed by atoms with Gasteiger partial charge in [0.15, 0.2) is 0 Å². The molecule has 4 aromatic rings. The van der Waals surface area contributed by atoms with E-state index in [1.54, 1.807) is 25.0 Å². The fourth-order valence-electron chi connectivity index (χ4n) is 4.07. The third-order valence-electron chi connectivity index (χ3n) is 6.44. The molecule has 4 rings (SSSR count). The lowest BCUT2D eigenvalue weighted by Crippen LogP contribution is -2.38. The van der Waals surface area contributed by atoms with Crippen molar-refractivity contribution in [2.45, 2.75) is 39.8 Å². The summed E-state index contributed by atoms with van der Waals surface area (Å²) < 4.78 is 18.9. The van der Waals surface area contributed by atoms with Crippen LogP contribution in [0, 0.1) is 6.92 Å². The maximum atomic E-state index is 13.7. The van der Waals surface area contributed by atoms with Gasteiger partial charge in [0.2, 0.25) is 5.88 Å². The number of benzene rings is 3. The van der Waals surface area contributed by atoms with Crippen LogP contribution in [0.4, 0.5) is 0 Å². The van der Waals surface area contributed by atoms with Gasteiger partial charge in [0.05, 0.1) is 37.7 Å². The Hall–Kier alpha value is -4.26. The van der Waals surface area contributed by atoms with Crippen molar-refractivity contribution in [1.29, 1.82) is 0 Å². The zero-order valence-electron chi connectivity index (χ0n) is 22.0. The summed E-state index contributed by atoms with van der Waals surface area (Å²) in [5.41, 5.74) is 3.08. The molecule has 192 valence electrons. The zero-order valence-corrected chi connectivity index (χ0v) is 22.0. The highest BCUT2D eigenvalue weighted by molar-refractivity contribution is 5.94. The Morgan fingerprint density at radius 3 is 2.24 bits per heavy atom. The highest BCUT2D eigenvalue weighted by Crippen LogP contribution is 2.33. The fourth-order valence-corrected chi connectivity index (χ4v) is 4.07. The van der Waals surface area contributed by atoms with Gasteiger partial charge in [0.1, 0.15) is 17.2 Å². The van der Waals surface area contributed by atoms with E-state index in [9.17, 15) is 4.79 Å². The first-order valence-electron chi connectivity index (χ1n) is 12.4. The van der Waals surface area contributed by atoms with Gasteiger partial charge in [-0.2, -0.15) is 5.10 Å². The Morgan fingerprint density at radius 2 is 1.59 bits per heavy atom. The molecular formula is C30H33N3O4. The molecule has 37 heavy (non-hydrogen) atoms. The van der Waals surface area contributed by atoms with E-state index >= 15 is 0 Å². The van der Waals surface area contributed by atoms with Crippen LogP contribution >= 0.6 is 0 Å². The summed E-state index contributed by atoms with van der Waals surface area (Å²) in [5.74, 6) is 2.53. The molecule has 0 bridgehead atoms. The van der Waals surface area contributed by atoms with Crippen LogP contribution in [0.3, 0.4) is 0 Å². The standard InChI is InChI=1S/C30H33N3O4/c1-6-21(2)32(29(34)23-11-10-14-27(19-23)36-5)20-28-22(3)31-33(24-12-8-7-9-13-24)30(28)37-26-17-15-25(35-4)16-18-26/h7-19,21H,6,20H2,1-5H3/t21-/m0/s1. The summed E-state index contributed by atoms with van der Waals surface area (Å²) >= 11 is 0. The molecular weight excluding hydrogens is 466 g/mol. The molecule has 0 saturated heterocycles. The topological polar surface area (TPSA) is 65.8 Å². The maximum absolute atomic E-state index is 13.7. The number of nitrogens with zero attached hydrogens (tertiary/aromatic N) is 3. The lowest BCUT2D eigenvalue weighted by atomic mass is 10.1. The molecule has 7 heteroatoms. The van der Waals surface area contributed by atoms with Gasteiger partial charge in [-0.1, -0.05) is 31.2 Å². The summed E-state index contributed by atoms with van der Waals surface area (Å²) in [4.78, 5) is 15.6. The minimum absolute atomic E-state index is 0.00740. The second-order valence-corrected chi connectivity index (χ2v) is 8.82. The van der Waals surface area contributed by atoms with Crippen LogP contribution in [0.1, 0.15) is 41.9 Å². The number of aromatic nitrogens is 2. The molecule has 0 aliphatic rings. The van der Waals surface area contributed by atoms with Crippen molar-refractivity contribution >= 4 is 5.91 Å². The van der Waals surface area contributed by atoms with Crippen LogP contribution in [-0.4, -0.2) is 40.8 Å². The molecule has 1 heterocycles. The maximum Gasteiger partial charge on any atom is 0.254 e. The largest absolute Gasteiger partial charge is 0.497 e. The van der Waals surface area contributed by atoms with Gasteiger partial charge in [-0.05, 0) is 74.9 Å². The third kappa shape index (κ3) is 5.77. The first kappa shape index (κ1) is 25.8. The lowest BCUT2D eigenvalue weighted by Gasteiger charge is -2.29. The van der Waals surface area contributed by atoms with Crippen LogP contribution in [0.2, 0.25) is 0 Å². The van der Waals surface area contributed by atoms with Crippen molar-refractivity contribution in [3.63, 3.8) is 0 Å². The monoisotopic (exact) mass is 499 g/mol. The van der Waals surface area contributed by atoms with Crippen molar-refractivity contribution in [3.05, 3.63) is 95.7 Å². The minimum atomic E-state index is -0.0736. The van der Waals surface area contributed by atoms with Gasteiger partial charge in [-0.3, -0.25) is 4.79 Å². The van der Waals surface area contributed by atoms with Gasteiger partial charge in [-0.25, -0.2) is 4.68 Å². The molecule has 0 aliphatic carbocycles. The van der Waals surface area contributed by atoms with E-state index < -0.39 is 0 Å². The van der Waals surface area contributed by atoms with E-state index in [1.165, 1.54) is 0 Å². The van der Waals surface area contributed by atoms with Gasteiger partial charge in [0.25, 0.3) is 5.91 Å². The van der Waals surface area contributed by atoms with E-state index in [1.807, 2.05) is 84.6 Å². The Kier molecular flexibility index (Phi) is 8.13. The van der Waals surface area contributed by atoms with Crippen LogP contribution in [0.5, 0.6) is 23.1 Å². The summed E-state index contributed by atoms with van der Waals surface area (Å²) in [7, 11) is 3.23. The normalized spacial score (nSPS) is 11.6. The molecule has 0 N–H and O–H groups in total. The number of carbonyl (C=O) groups is 1. The molecule has 0 spiro atoms. The fraction of sp³-hybridized carbons (Fsp3) is 0.267. The van der Waals surface area contributed by atoms with E-state index in [0.29, 0.717) is 29.5 Å². The number of ether oxygens (including phenoxy) is 3. The molecule has 0 unspecified atom stereocenters. The minimum Gasteiger partial charge on any atom is -0.497 e. The molecule has 0 radical (unpaired) electrons. The molecule has 0 saturated carbocycles. The van der Waals surface area contributed by atoms with Crippen LogP contribution in [0.15, 0.2) is 78.9 Å². The van der Waals surface area contributed by atoms with Crippen molar-refractivity contribution in [1.82, 2.24) is 14.7 Å². The highest BCUT2D eigenvalue weighted by Gasteiger charge is 2.27. The number of aryl methyl sites for hydroxylation is 1. The Labute approximate surface area is 218 Å². The van der Waals surface area contributed by atoms with E-state index in [4.69, 9.17) is 19.3 Å². The molecule has 0 aliphatic heterocycles. The van der Waals surface area contributed by atoms with Crippen molar-refractivity contribution in [3.8, 4) is 28.8 Å². The molecule has 7 nitrogen and oxygen atoms in total. The number of hydrogen-bond acceptors (Lipinski definition) is 5. The predicted molar refractivity (Wildman–Crippen MR) is 144 cm³/mol. The highest BCUT2D eigenvalue weighted by atomic mass is 16.5. The Morgan fingerprint density at radius 1 is 0.919 bits per heavy atom. The van der Waals surface area contributed by atoms with Crippen LogP contribution < -0.4 is 14.2 Å². The zero-order chi connectivity index (χ0) is 26.4. The smallest absolute Gasteiger partial charge is 0.254 e. The number of rotatable bonds is 10. The van der Waals surface area contributed by atoms with E-state index in [2.05, 4.69) is 13.8 Å².